The Kier molecular flexibility index (Phi) is 5.81. The molecule has 2 aromatic carbocycles. The van der Waals surface area contributed by atoms with E-state index in [1.54, 1.807) is 12.1 Å². The number of benzene rings is 2. The number of nitrogens with one attached hydrogen (secondary N) is 1. The second-order valence-electron chi connectivity index (χ2n) is 5.64. The van der Waals surface area contributed by atoms with Crippen molar-refractivity contribution in [2.45, 2.75) is 0 Å². The van der Waals surface area contributed by atoms with Gasteiger partial charge in [-0.25, -0.2) is 4.39 Å². The van der Waals surface area contributed by atoms with Crippen LogP contribution in [0, 0.1) is 15.9 Å². The van der Waals surface area contributed by atoms with Crippen LogP contribution in [-0.2, 0) is 9.59 Å². The molecule has 0 radical (unpaired) electrons. The van der Waals surface area contributed by atoms with Crippen molar-refractivity contribution in [2.24, 2.45) is 0 Å². The zero-order chi connectivity index (χ0) is 20.3. The molecule has 1 aliphatic heterocycles. The Hall–Kier alpha value is -3.11. The molecule has 2 aromatic rings. The molecule has 0 unspecified atom stereocenters. The van der Waals surface area contributed by atoms with Crippen molar-refractivity contribution in [1.29, 1.82) is 0 Å². The van der Waals surface area contributed by atoms with Crippen LogP contribution in [0.4, 0.5) is 15.8 Å². The quantitative estimate of drug-likeness (QED) is 0.346. The molecule has 1 fully saturated rings. The molecule has 1 N–H and O–H groups in total. The molecule has 0 aromatic heterocycles. The number of hydrogen-bond donors (Lipinski definition) is 1. The van der Waals surface area contributed by atoms with Crippen molar-refractivity contribution >= 4 is 57.6 Å². The number of anilines is 1. The summed E-state index contributed by atoms with van der Waals surface area (Å²) in [5, 5.41) is 13.2. The van der Waals surface area contributed by atoms with Crippen LogP contribution in [0.1, 0.15) is 5.56 Å². The number of thioether (sulfide) groups is 1. The molecule has 0 bridgehead atoms. The molecule has 3 rings (SSSR count). The fourth-order valence-corrected chi connectivity index (χ4v) is 3.63. The summed E-state index contributed by atoms with van der Waals surface area (Å²) in [5.74, 6) is -1.47. The molecule has 0 spiro atoms. The van der Waals surface area contributed by atoms with Gasteiger partial charge in [-0.3, -0.25) is 24.6 Å². The molecule has 7 nitrogen and oxygen atoms in total. The van der Waals surface area contributed by atoms with Crippen LogP contribution in [0.5, 0.6) is 0 Å². The highest BCUT2D eigenvalue weighted by molar-refractivity contribution is 8.26. The molecule has 0 atom stereocenters. The highest BCUT2D eigenvalue weighted by Gasteiger charge is 2.33. The third kappa shape index (κ3) is 4.41. The van der Waals surface area contributed by atoms with E-state index in [1.165, 1.54) is 42.5 Å². The van der Waals surface area contributed by atoms with Crippen LogP contribution in [-0.4, -0.2) is 32.5 Å². The fraction of sp³-hybridized carbons (Fsp3) is 0.0556. The SMILES string of the molecule is O=C(CN1C(=O)/C(=C/c2ccccc2F)SC1=S)Nc1ccc([N+](=O)[O-])cc1. The number of nitro benzene ring substituents is 1. The van der Waals surface area contributed by atoms with Crippen molar-refractivity contribution in [1.82, 2.24) is 4.90 Å². The number of halogens is 1. The molecule has 1 saturated heterocycles. The maximum Gasteiger partial charge on any atom is 0.269 e. The standard InChI is InChI=1S/C18H12FN3O4S2/c19-14-4-2-1-3-11(14)9-15-17(24)21(18(27)28-15)10-16(23)20-12-5-7-13(8-6-12)22(25)26/h1-9H,10H2,(H,20,23)/b15-9-. The normalized spacial score (nSPS) is 15.2. The first-order valence-electron chi connectivity index (χ1n) is 7.89. The van der Waals surface area contributed by atoms with Crippen LogP contribution in [0.15, 0.2) is 53.4 Å². The monoisotopic (exact) mass is 417 g/mol. The van der Waals surface area contributed by atoms with Crippen LogP contribution in [0.3, 0.4) is 0 Å². The lowest BCUT2D eigenvalue weighted by Gasteiger charge is -2.14. The van der Waals surface area contributed by atoms with Crippen LogP contribution < -0.4 is 5.32 Å². The molecule has 1 heterocycles. The van der Waals surface area contributed by atoms with Gasteiger partial charge in [-0.05, 0) is 24.3 Å². The lowest BCUT2D eigenvalue weighted by atomic mass is 10.2. The highest BCUT2D eigenvalue weighted by Crippen LogP contribution is 2.32. The number of carbonyl (C=O) groups is 2. The van der Waals surface area contributed by atoms with Gasteiger partial charge in [0, 0.05) is 23.4 Å². The fourth-order valence-electron chi connectivity index (χ4n) is 2.38. The third-order valence-corrected chi connectivity index (χ3v) is 5.11. The van der Waals surface area contributed by atoms with E-state index in [9.17, 15) is 24.1 Å². The minimum atomic E-state index is -0.548. The van der Waals surface area contributed by atoms with Gasteiger partial charge in [-0.15, -0.1) is 0 Å². The van der Waals surface area contributed by atoms with E-state index in [2.05, 4.69) is 5.32 Å². The second-order valence-corrected chi connectivity index (χ2v) is 7.32. The highest BCUT2D eigenvalue weighted by atomic mass is 32.2. The van der Waals surface area contributed by atoms with Gasteiger partial charge in [0.25, 0.3) is 11.6 Å². The van der Waals surface area contributed by atoms with Gasteiger partial charge >= 0.3 is 0 Å². The van der Waals surface area contributed by atoms with Crippen molar-refractivity contribution < 1.29 is 18.9 Å². The lowest BCUT2D eigenvalue weighted by molar-refractivity contribution is -0.384. The van der Waals surface area contributed by atoms with Gasteiger partial charge in [-0.1, -0.05) is 42.2 Å². The molecule has 0 saturated carbocycles. The van der Waals surface area contributed by atoms with Gasteiger partial charge in [0.1, 0.15) is 16.7 Å². The molecular weight excluding hydrogens is 405 g/mol. The number of rotatable bonds is 5. The Labute approximate surface area is 168 Å². The Bertz CT molecular complexity index is 1010. The number of amides is 2. The number of hydrogen-bond acceptors (Lipinski definition) is 6. The summed E-state index contributed by atoms with van der Waals surface area (Å²) in [6.45, 7) is -0.323. The van der Waals surface area contributed by atoms with E-state index in [0.717, 1.165) is 16.7 Å². The van der Waals surface area contributed by atoms with E-state index in [-0.39, 0.29) is 27.0 Å². The van der Waals surface area contributed by atoms with E-state index in [4.69, 9.17) is 12.2 Å². The molecule has 2 amide bonds. The topological polar surface area (TPSA) is 92.6 Å². The van der Waals surface area contributed by atoms with E-state index in [0.29, 0.717) is 5.69 Å². The zero-order valence-corrected chi connectivity index (χ0v) is 15.8. The maximum absolute atomic E-state index is 13.8. The number of thiocarbonyl (C=S) groups is 1. The van der Waals surface area contributed by atoms with Gasteiger partial charge in [0.15, 0.2) is 0 Å². The van der Waals surface area contributed by atoms with Crippen molar-refractivity contribution in [3.05, 3.63) is 74.9 Å². The first-order chi connectivity index (χ1) is 13.3. The van der Waals surface area contributed by atoms with Crippen LogP contribution in [0.2, 0.25) is 0 Å². The first-order valence-corrected chi connectivity index (χ1v) is 9.12. The largest absolute Gasteiger partial charge is 0.325 e. The van der Waals surface area contributed by atoms with Crippen LogP contribution >= 0.6 is 24.0 Å². The molecule has 0 aliphatic carbocycles. The lowest BCUT2D eigenvalue weighted by Crippen LogP contribution is -2.36. The summed E-state index contributed by atoms with van der Waals surface area (Å²) in [5.41, 5.74) is 0.495. The molecule has 1 aliphatic rings. The number of carbonyl (C=O) groups excluding carboxylic acids is 2. The Morgan fingerprint density at radius 2 is 1.93 bits per heavy atom. The van der Waals surface area contributed by atoms with E-state index < -0.39 is 22.6 Å². The van der Waals surface area contributed by atoms with E-state index >= 15 is 0 Å². The zero-order valence-electron chi connectivity index (χ0n) is 14.1. The predicted octanol–water partition coefficient (Wildman–Crippen LogP) is 3.57. The second kappa shape index (κ2) is 8.28. The third-order valence-electron chi connectivity index (χ3n) is 3.73. The van der Waals surface area contributed by atoms with Gasteiger partial charge in [0.05, 0.1) is 9.83 Å². The number of nitro groups is 1. The van der Waals surface area contributed by atoms with Gasteiger partial charge in [-0.2, -0.15) is 0 Å². The summed E-state index contributed by atoms with van der Waals surface area (Å²) in [4.78, 5) is 36.2. The van der Waals surface area contributed by atoms with Crippen molar-refractivity contribution in [3.8, 4) is 0 Å². The summed E-state index contributed by atoms with van der Waals surface area (Å²) < 4.78 is 14.0. The molecule has 142 valence electrons. The molecular formula is C18H12FN3O4S2. The molecule has 10 heteroatoms. The number of nitrogens with zero attached hydrogens (tertiary/aromatic N) is 2. The smallest absolute Gasteiger partial charge is 0.269 e. The minimum Gasteiger partial charge on any atom is -0.325 e. The minimum absolute atomic E-state index is 0.103. The Morgan fingerprint density at radius 1 is 1.25 bits per heavy atom. The summed E-state index contributed by atoms with van der Waals surface area (Å²) in [7, 11) is 0. The first kappa shape index (κ1) is 19.6. The van der Waals surface area contributed by atoms with Crippen molar-refractivity contribution in [3.63, 3.8) is 0 Å². The number of non-ortho nitro benzene ring substituents is 1. The summed E-state index contributed by atoms with van der Waals surface area (Å²) in [6, 6.07) is 11.3. The van der Waals surface area contributed by atoms with Crippen LogP contribution in [0.25, 0.3) is 6.08 Å². The average Bonchev–Trinajstić information content (AvgIpc) is 2.91. The van der Waals surface area contributed by atoms with Crippen molar-refractivity contribution in [2.75, 3.05) is 11.9 Å². The molecule has 28 heavy (non-hydrogen) atoms. The van der Waals surface area contributed by atoms with E-state index in [1.807, 2.05) is 0 Å². The summed E-state index contributed by atoms with van der Waals surface area (Å²) in [6.07, 6.45) is 1.39. The Morgan fingerprint density at radius 3 is 2.57 bits per heavy atom. The maximum atomic E-state index is 13.8. The van der Waals surface area contributed by atoms with Gasteiger partial charge < -0.3 is 5.32 Å². The Balaban J connectivity index is 1.68. The average molecular weight is 417 g/mol. The predicted molar refractivity (Wildman–Crippen MR) is 108 cm³/mol. The summed E-state index contributed by atoms with van der Waals surface area (Å²) >= 11 is 6.14. The van der Waals surface area contributed by atoms with Gasteiger partial charge in [0.2, 0.25) is 5.91 Å².